The van der Waals surface area contributed by atoms with Crippen LogP contribution >= 0.6 is 15.9 Å². The first-order valence-electron chi connectivity index (χ1n) is 7.12. The molecule has 0 radical (unpaired) electrons. The highest BCUT2D eigenvalue weighted by Crippen LogP contribution is 2.37. The van der Waals surface area contributed by atoms with Gasteiger partial charge in [0.15, 0.2) is 11.5 Å². The van der Waals surface area contributed by atoms with Gasteiger partial charge in [0.25, 0.3) is 5.91 Å². The Morgan fingerprint density at radius 3 is 2.32 bits per heavy atom. The van der Waals surface area contributed by atoms with Crippen LogP contribution in [0, 0.1) is 0 Å². The summed E-state index contributed by atoms with van der Waals surface area (Å²) in [6, 6.07) is 7.92. The van der Waals surface area contributed by atoms with Crippen molar-refractivity contribution in [3.63, 3.8) is 0 Å². The van der Waals surface area contributed by atoms with Gasteiger partial charge in [0, 0.05) is 10.0 Å². The molecule has 0 bridgehead atoms. The van der Waals surface area contributed by atoms with E-state index in [9.17, 15) is 9.90 Å². The first-order valence-corrected chi connectivity index (χ1v) is 7.91. The quantitative estimate of drug-likeness (QED) is 0.566. The van der Waals surface area contributed by atoms with Gasteiger partial charge in [0.05, 0.1) is 33.1 Å². The van der Waals surface area contributed by atoms with Crippen LogP contribution < -0.4 is 19.6 Å². The van der Waals surface area contributed by atoms with Gasteiger partial charge in [-0.15, -0.1) is 0 Å². The van der Waals surface area contributed by atoms with Gasteiger partial charge in [-0.25, -0.2) is 5.43 Å². The summed E-state index contributed by atoms with van der Waals surface area (Å²) >= 11 is 3.25. The highest BCUT2D eigenvalue weighted by Gasteiger charge is 2.13. The first-order chi connectivity index (χ1) is 12.0. The molecular weight excluding hydrogens is 392 g/mol. The van der Waals surface area contributed by atoms with E-state index in [0.29, 0.717) is 27.3 Å². The zero-order valence-electron chi connectivity index (χ0n) is 13.9. The van der Waals surface area contributed by atoms with Crippen molar-refractivity contribution < 1.29 is 24.1 Å². The molecule has 0 saturated heterocycles. The topological polar surface area (TPSA) is 89.4 Å². The Kier molecular flexibility index (Phi) is 6.24. The fourth-order valence-corrected chi connectivity index (χ4v) is 2.45. The van der Waals surface area contributed by atoms with Crippen LogP contribution in [0.1, 0.15) is 15.9 Å². The number of phenolic OH excluding ortho intramolecular Hbond substituents is 1. The minimum Gasteiger partial charge on any atom is -0.507 e. The highest BCUT2D eigenvalue weighted by molar-refractivity contribution is 9.10. The van der Waals surface area contributed by atoms with E-state index in [1.54, 1.807) is 18.2 Å². The minimum absolute atomic E-state index is 0.108. The SMILES string of the molecule is COc1cc(/C=N/NC(=O)c2cc(Br)ccc2O)cc(OC)c1OC. The van der Waals surface area contributed by atoms with Crippen LogP contribution in [0.4, 0.5) is 0 Å². The molecular formula is C17H17BrN2O5. The number of ether oxygens (including phenoxy) is 3. The molecule has 0 aromatic heterocycles. The predicted octanol–water partition coefficient (Wildman–Crippen LogP) is 2.94. The molecule has 0 heterocycles. The third kappa shape index (κ3) is 4.42. The number of hydrogen-bond donors (Lipinski definition) is 2. The Morgan fingerprint density at radius 1 is 1.12 bits per heavy atom. The molecule has 2 N–H and O–H groups in total. The van der Waals surface area contributed by atoms with Gasteiger partial charge in [-0.05, 0) is 30.3 Å². The highest BCUT2D eigenvalue weighted by atomic mass is 79.9. The number of benzene rings is 2. The Hall–Kier alpha value is -2.74. The summed E-state index contributed by atoms with van der Waals surface area (Å²) in [4.78, 5) is 12.1. The molecule has 0 fully saturated rings. The number of hydrogen-bond acceptors (Lipinski definition) is 6. The van der Waals surface area contributed by atoms with Crippen molar-refractivity contribution in [1.82, 2.24) is 5.43 Å². The lowest BCUT2D eigenvalue weighted by Gasteiger charge is -2.12. The molecule has 25 heavy (non-hydrogen) atoms. The number of rotatable bonds is 6. The molecule has 0 atom stereocenters. The average Bonchev–Trinajstić information content (AvgIpc) is 2.62. The van der Waals surface area contributed by atoms with Crippen LogP contribution in [0.15, 0.2) is 39.9 Å². The van der Waals surface area contributed by atoms with Gasteiger partial charge >= 0.3 is 0 Å². The van der Waals surface area contributed by atoms with Crippen LogP contribution in [0.2, 0.25) is 0 Å². The van der Waals surface area contributed by atoms with Crippen LogP contribution in [0.5, 0.6) is 23.0 Å². The zero-order valence-corrected chi connectivity index (χ0v) is 15.5. The average molecular weight is 409 g/mol. The lowest BCUT2D eigenvalue weighted by Crippen LogP contribution is -2.17. The lowest BCUT2D eigenvalue weighted by molar-refractivity contribution is 0.0952. The maximum absolute atomic E-state index is 12.1. The third-order valence-corrected chi connectivity index (χ3v) is 3.76. The number of hydrazone groups is 1. The predicted molar refractivity (Wildman–Crippen MR) is 97.0 cm³/mol. The second kappa shape index (κ2) is 8.39. The van der Waals surface area contributed by atoms with Gasteiger partial charge in [-0.1, -0.05) is 15.9 Å². The van der Waals surface area contributed by atoms with E-state index < -0.39 is 5.91 Å². The molecule has 132 valence electrons. The summed E-state index contributed by atoms with van der Waals surface area (Å²) < 4.78 is 16.4. The van der Waals surface area contributed by atoms with E-state index in [1.165, 1.54) is 39.7 Å². The number of aromatic hydroxyl groups is 1. The molecule has 0 aliphatic rings. The monoisotopic (exact) mass is 408 g/mol. The number of nitrogens with zero attached hydrogens (tertiary/aromatic N) is 1. The first kappa shape index (κ1) is 18.6. The van der Waals surface area contributed by atoms with Crippen LogP contribution in [0.3, 0.4) is 0 Å². The van der Waals surface area contributed by atoms with Crippen LogP contribution in [-0.2, 0) is 0 Å². The number of methoxy groups -OCH3 is 3. The molecule has 0 aliphatic carbocycles. The van der Waals surface area contributed by atoms with Gasteiger partial charge in [-0.2, -0.15) is 5.10 Å². The fraction of sp³-hybridized carbons (Fsp3) is 0.176. The standard InChI is InChI=1S/C17H17BrN2O5/c1-23-14-6-10(7-15(24-2)16(14)25-3)9-19-20-17(22)12-8-11(18)4-5-13(12)21/h4-9,21H,1-3H3,(H,20,22)/b19-9+. The molecule has 2 aromatic carbocycles. The van der Waals surface area contributed by atoms with Gasteiger partial charge in [-0.3, -0.25) is 4.79 Å². The number of carbonyl (C=O) groups is 1. The molecule has 2 rings (SSSR count). The van der Waals surface area contributed by atoms with Crippen molar-refractivity contribution in [3.8, 4) is 23.0 Å². The summed E-state index contributed by atoms with van der Waals surface area (Å²) in [6.45, 7) is 0. The van der Waals surface area contributed by atoms with E-state index >= 15 is 0 Å². The molecule has 0 unspecified atom stereocenters. The Bertz CT molecular complexity index is 783. The number of amides is 1. The van der Waals surface area contributed by atoms with Gasteiger partial charge in [0.2, 0.25) is 5.75 Å². The van der Waals surface area contributed by atoms with Crippen LogP contribution in [-0.4, -0.2) is 38.6 Å². The maximum Gasteiger partial charge on any atom is 0.275 e. The van der Waals surface area contributed by atoms with Crippen molar-refractivity contribution in [2.45, 2.75) is 0 Å². The summed E-state index contributed by atoms with van der Waals surface area (Å²) in [5, 5.41) is 13.6. The summed E-state index contributed by atoms with van der Waals surface area (Å²) in [5.41, 5.74) is 3.10. The Labute approximate surface area is 153 Å². The van der Waals surface area contributed by atoms with Gasteiger partial charge in [0.1, 0.15) is 5.75 Å². The fourth-order valence-electron chi connectivity index (χ4n) is 2.09. The summed E-state index contributed by atoms with van der Waals surface area (Å²) in [7, 11) is 4.53. The van der Waals surface area contributed by atoms with Gasteiger partial charge < -0.3 is 19.3 Å². The van der Waals surface area contributed by atoms with E-state index in [2.05, 4.69) is 26.5 Å². The molecule has 2 aromatic rings. The van der Waals surface area contributed by atoms with Crippen molar-refractivity contribution in [2.75, 3.05) is 21.3 Å². The minimum atomic E-state index is -0.539. The van der Waals surface area contributed by atoms with E-state index in [4.69, 9.17) is 14.2 Å². The number of carbonyl (C=O) groups excluding carboxylic acids is 1. The largest absolute Gasteiger partial charge is 0.507 e. The molecule has 7 nitrogen and oxygen atoms in total. The van der Waals surface area contributed by atoms with Crippen molar-refractivity contribution >= 4 is 28.1 Å². The van der Waals surface area contributed by atoms with E-state index in [-0.39, 0.29) is 11.3 Å². The zero-order chi connectivity index (χ0) is 18.4. The molecule has 1 amide bonds. The third-order valence-electron chi connectivity index (χ3n) is 3.27. The lowest BCUT2D eigenvalue weighted by atomic mass is 10.2. The van der Waals surface area contributed by atoms with Crippen molar-refractivity contribution in [2.24, 2.45) is 5.10 Å². The second-order valence-electron chi connectivity index (χ2n) is 4.82. The van der Waals surface area contributed by atoms with Crippen molar-refractivity contribution in [1.29, 1.82) is 0 Å². The summed E-state index contributed by atoms with van der Waals surface area (Å²) in [6.07, 6.45) is 1.43. The maximum atomic E-state index is 12.1. The number of nitrogens with one attached hydrogen (secondary N) is 1. The second-order valence-corrected chi connectivity index (χ2v) is 5.73. The molecule has 0 spiro atoms. The number of halogens is 1. The molecule has 0 saturated carbocycles. The van der Waals surface area contributed by atoms with Crippen molar-refractivity contribution in [3.05, 3.63) is 45.9 Å². The van der Waals surface area contributed by atoms with E-state index in [1.807, 2.05) is 0 Å². The van der Waals surface area contributed by atoms with E-state index in [0.717, 1.165) is 0 Å². The smallest absolute Gasteiger partial charge is 0.275 e. The van der Waals surface area contributed by atoms with Crippen LogP contribution in [0.25, 0.3) is 0 Å². The molecule has 8 heteroatoms. The summed E-state index contributed by atoms with van der Waals surface area (Å²) in [5.74, 6) is 0.731. The Morgan fingerprint density at radius 2 is 1.76 bits per heavy atom. The normalized spacial score (nSPS) is 10.6. The number of phenols is 1. The Balaban J connectivity index is 2.19. The molecule has 0 aliphatic heterocycles.